The molecular formula is C23H23BrClN5O4S2. The summed E-state index contributed by atoms with van der Waals surface area (Å²) in [5, 5.41) is 8.27. The van der Waals surface area contributed by atoms with Gasteiger partial charge in [-0.3, -0.25) is 0 Å². The summed E-state index contributed by atoms with van der Waals surface area (Å²) in [6.07, 6.45) is 3.82. The number of nitrogens with one attached hydrogen (secondary N) is 2. The quantitative estimate of drug-likeness (QED) is 0.255. The van der Waals surface area contributed by atoms with Crippen LogP contribution in [0.2, 0.25) is 5.02 Å². The first-order valence-corrected chi connectivity index (χ1v) is 15.4. The van der Waals surface area contributed by atoms with Crippen LogP contribution in [0.25, 0.3) is 16.9 Å². The standard InChI is InChI=1S/C23H23BrClN5O4S2/c1-35(31,32)20-10-4-5-11-21(20)36(33,34)28-13-7-6-12-26-22-14-19(16-8-2-3-9-18(16)25)29-23-17(24)15-27-30(22)23/h2-5,8-11,14-15,26,28H,6-7,12-13H2,1H3. The number of fused-ring (bicyclic) bond motifs is 1. The lowest BCUT2D eigenvalue weighted by Gasteiger charge is -2.12. The molecule has 4 rings (SSSR count). The third-order valence-corrected chi connectivity index (χ3v) is 9.01. The molecule has 0 aliphatic heterocycles. The maximum absolute atomic E-state index is 12.7. The van der Waals surface area contributed by atoms with Crippen molar-refractivity contribution in [2.45, 2.75) is 22.6 Å². The van der Waals surface area contributed by atoms with E-state index in [1.165, 1.54) is 24.3 Å². The summed E-state index contributed by atoms with van der Waals surface area (Å²) in [5.74, 6) is 0.711. The van der Waals surface area contributed by atoms with Gasteiger partial charge in [0.05, 0.1) is 21.3 Å². The fourth-order valence-electron chi connectivity index (χ4n) is 3.60. The largest absolute Gasteiger partial charge is 0.370 e. The molecule has 4 aromatic rings. The topological polar surface area (TPSA) is 123 Å². The van der Waals surface area contributed by atoms with Crippen LogP contribution in [0, 0.1) is 0 Å². The zero-order chi connectivity index (χ0) is 25.9. The molecule has 36 heavy (non-hydrogen) atoms. The van der Waals surface area contributed by atoms with Crippen molar-refractivity contribution < 1.29 is 16.8 Å². The van der Waals surface area contributed by atoms with Crippen LogP contribution in [0.1, 0.15) is 12.8 Å². The Balaban J connectivity index is 1.40. The van der Waals surface area contributed by atoms with E-state index in [0.717, 1.165) is 16.3 Å². The Morgan fingerprint density at radius 2 is 1.64 bits per heavy atom. The molecule has 2 N–H and O–H groups in total. The minimum absolute atomic E-state index is 0.159. The Hall–Kier alpha value is -2.51. The van der Waals surface area contributed by atoms with Gasteiger partial charge in [-0.25, -0.2) is 26.5 Å². The summed E-state index contributed by atoms with van der Waals surface area (Å²) in [4.78, 5) is 4.20. The molecule has 0 bridgehead atoms. The van der Waals surface area contributed by atoms with E-state index in [0.29, 0.717) is 41.6 Å². The van der Waals surface area contributed by atoms with E-state index in [4.69, 9.17) is 11.6 Å². The summed E-state index contributed by atoms with van der Waals surface area (Å²) >= 11 is 9.84. The van der Waals surface area contributed by atoms with Crippen molar-refractivity contribution in [1.29, 1.82) is 0 Å². The smallest absolute Gasteiger partial charge is 0.241 e. The maximum Gasteiger partial charge on any atom is 0.241 e. The lowest BCUT2D eigenvalue weighted by molar-refractivity contribution is 0.571. The zero-order valence-electron chi connectivity index (χ0n) is 19.1. The van der Waals surface area contributed by atoms with Crippen molar-refractivity contribution in [2.75, 3.05) is 24.7 Å². The van der Waals surface area contributed by atoms with Crippen LogP contribution in [0.4, 0.5) is 5.82 Å². The number of aromatic nitrogens is 3. The Labute approximate surface area is 223 Å². The molecule has 0 aliphatic carbocycles. The summed E-state index contributed by atoms with van der Waals surface area (Å²) in [6.45, 7) is 0.701. The molecule has 0 unspecified atom stereocenters. The summed E-state index contributed by atoms with van der Waals surface area (Å²) in [5.41, 5.74) is 2.11. The summed E-state index contributed by atoms with van der Waals surface area (Å²) < 4.78 is 54.2. The third kappa shape index (κ3) is 5.89. The van der Waals surface area contributed by atoms with Gasteiger partial charge < -0.3 is 5.32 Å². The van der Waals surface area contributed by atoms with Gasteiger partial charge >= 0.3 is 0 Å². The number of sulfonamides is 1. The first-order valence-electron chi connectivity index (χ1n) is 10.9. The van der Waals surface area contributed by atoms with Gasteiger partial charge in [-0.1, -0.05) is 41.9 Å². The van der Waals surface area contributed by atoms with Crippen LogP contribution in [0.3, 0.4) is 0 Å². The molecule has 0 atom stereocenters. The number of nitrogens with zero attached hydrogens (tertiary/aromatic N) is 3. The molecule has 0 radical (unpaired) electrons. The highest BCUT2D eigenvalue weighted by molar-refractivity contribution is 9.10. The number of benzene rings is 2. The molecule has 0 fully saturated rings. The average Bonchev–Trinajstić information content (AvgIpc) is 3.21. The number of rotatable bonds is 10. The highest BCUT2D eigenvalue weighted by atomic mass is 79.9. The summed E-state index contributed by atoms with van der Waals surface area (Å²) in [6, 6.07) is 14.9. The lowest BCUT2D eigenvalue weighted by Crippen LogP contribution is -2.26. The van der Waals surface area contributed by atoms with Crippen LogP contribution >= 0.6 is 27.5 Å². The summed E-state index contributed by atoms with van der Waals surface area (Å²) in [7, 11) is -7.65. The second kappa shape index (κ2) is 10.9. The fourth-order valence-corrected chi connectivity index (χ4v) is 6.88. The van der Waals surface area contributed by atoms with Gasteiger partial charge in [0.1, 0.15) is 10.7 Å². The Kier molecular flexibility index (Phi) is 8.00. The van der Waals surface area contributed by atoms with Crippen molar-refractivity contribution >= 4 is 58.9 Å². The van der Waals surface area contributed by atoms with E-state index in [2.05, 4.69) is 36.1 Å². The number of anilines is 1. The van der Waals surface area contributed by atoms with Gasteiger partial charge in [0.25, 0.3) is 0 Å². The number of hydrogen-bond acceptors (Lipinski definition) is 7. The normalized spacial score (nSPS) is 12.2. The molecule has 190 valence electrons. The number of unbranched alkanes of at least 4 members (excludes halogenated alkanes) is 1. The van der Waals surface area contributed by atoms with Crippen LogP contribution in [0.5, 0.6) is 0 Å². The molecule has 0 aliphatic rings. The van der Waals surface area contributed by atoms with Gasteiger partial charge in [0, 0.05) is 36.0 Å². The average molecular weight is 613 g/mol. The Morgan fingerprint density at radius 3 is 2.36 bits per heavy atom. The second-order valence-electron chi connectivity index (χ2n) is 7.98. The molecule has 13 heteroatoms. The van der Waals surface area contributed by atoms with Crippen molar-refractivity contribution in [2.24, 2.45) is 0 Å². The first-order chi connectivity index (χ1) is 17.1. The predicted molar refractivity (Wildman–Crippen MR) is 144 cm³/mol. The Bertz CT molecular complexity index is 1620. The highest BCUT2D eigenvalue weighted by Crippen LogP contribution is 2.30. The number of sulfone groups is 1. The molecule has 0 spiro atoms. The predicted octanol–water partition coefficient (Wildman–Crippen LogP) is 4.39. The SMILES string of the molecule is CS(=O)(=O)c1ccccc1S(=O)(=O)NCCCCNc1cc(-c2ccccc2Cl)nc2c(Br)cnn12. The van der Waals surface area contributed by atoms with E-state index in [9.17, 15) is 16.8 Å². The third-order valence-electron chi connectivity index (χ3n) is 5.32. The van der Waals surface area contributed by atoms with Crippen LogP contribution in [0.15, 0.2) is 75.1 Å². The van der Waals surface area contributed by atoms with Crippen molar-refractivity contribution in [3.63, 3.8) is 0 Å². The zero-order valence-corrected chi connectivity index (χ0v) is 23.1. The van der Waals surface area contributed by atoms with Gasteiger partial charge in [-0.15, -0.1) is 0 Å². The van der Waals surface area contributed by atoms with E-state index in [1.54, 1.807) is 16.8 Å². The molecule has 9 nitrogen and oxygen atoms in total. The van der Waals surface area contributed by atoms with Crippen LogP contribution in [-0.4, -0.2) is 50.8 Å². The molecule has 2 aromatic carbocycles. The van der Waals surface area contributed by atoms with E-state index in [1.807, 2.05) is 24.3 Å². The lowest BCUT2D eigenvalue weighted by atomic mass is 10.1. The Morgan fingerprint density at radius 1 is 0.972 bits per heavy atom. The molecule has 2 heterocycles. The van der Waals surface area contributed by atoms with Gasteiger partial charge in [0.15, 0.2) is 15.5 Å². The minimum Gasteiger partial charge on any atom is -0.370 e. The van der Waals surface area contributed by atoms with E-state index < -0.39 is 19.9 Å². The van der Waals surface area contributed by atoms with E-state index >= 15 is 0 Å². The fraction of sp³-hybridized carbons (Fsp3) is 0.217. The van der Waals surface area contributed by atoms with Crippen molar-refractivity contribution in [3.05, 3.63) is 70.3 Å². The number of halogens is 2. The maximum atomic E-state index is 12.7. The first kappa shape index (κ1) is 26.6. The molecule has 0 saturated heterocycles. The molecular weight excluding hydrogens is 590 g/mol. The van der Waals surface area contributed by atoms with Crippen LogP contribution < -0.4 is 10.0 Å². The van der Waals surface area contributed by atoms with E-state index in [-0.39, 0.29) is 16.3 Å². The van der Waals surface area contributed by atoms with Crippen molar-refractivity contribution in [3.8, 4) is 11.3 Å². The molecule has 0 saturated carbocycles. The number of hydrogen-bond donors (Lipinski definition) is 2. The van der Waals surface area contributed by atoms with Crippen molar-refractivity contribution in [1.82, 2.24) is 19.3 Å². The highest BCUT2D eigenvalue weighted by Gasteiger charge is 2.23. The minimum atomic E-state index is -3.97. The van der Waals surface area contributed by atoms with Crippen LogP contribution in [-0.2, 0) is 19.9 Å². The molecule has 0 amide bonds. The monoisotopic (exact) mass is 611 g/mol. The van der Waals surface area contributed by atoms with Gasteiger partial charge in [-0.05, 0) is 47.0 Å². The second-order valence-corrected chi connectivity index (χ2v) is 13.0. The van der Waals surface area contributed by atoms with Gasteiger partial charge in [0.2, 0.25) is 10.0 Å². The molecule has 2 aromatic heterocycles. The van der Waals surface area contributed by atoms with Gasteiger partial charge in [-0.2, -0.15) is 9.61 Å².